The van der Waals surface area contributed by atoms with Gasteiger partial charge in [-0.2, -0.15) is 0 Å². The summed E-state index contributed by atoms with van der Waals surface area (Å²) in [5.74, 6) is -1.44. The highest BCUT2D eigenvalue weighted by Gasteiger charge is 2.34. The molecule has 0 radical (unpaired) electrons. The molecule has 0 spiro atoms. The zero-order valence-electron chi connectivity index (χ0n) is 23.0. The minimum atomic E-state index is -4.20. The Hall–Kier alpha value is -4.21. The van der Waals surface area contributed by atoms with Crippen LogP contribution in [0.4, 0.5) is 10.1 Å². The van der Waals surface area contributed by atoms with Crippen molar-refractivity contribution in [3.63, 3.8) is 0 Å². The Kier molecular flexibility index (Phi) is 10.3. The molecule has 2 amide bonds. The van der Waals surface area contributed by atoms with E-state index in [0.29, 0.717) is 17.1 Å². The van der Waals surface area contributed by atoms with E-state index in [-0.39, 0.29) is 29.5 Å². The molecule has 4 rings (SSSR count). The van der Waals surface area contributed by atoms with E-state index in [0.717, 1.165) is 9.87 Å². The molecule has 0 saturated carbocycles. The van der Waals surface area contributed by atoms with E-state index in [1.807, 2.05) is 30.3 Å². The summed E-state index contributed by atoms with van der Waals surface area (Å²) in [7, 11) is -4.20. The van der Waals surface area contributed by atoms with Crippen LogP contribution in [-0.4, -0.2) is 44.3 Å². The number of hydrogen-bond acceptors (Lipinski definition) is 4. The lowest BCUT2D eigenvalue weighted by Gasteiger charge is -2.33. The normalized spacial score (nSPS) is 11.9. The van der Waals surface area contributed by atoms with Gasteiger partial charge in [0.15, 0.2) is 0 Å². The standard InChI is InChI=1S/C32H31ClFN3O4S/c1-2-35-32(39)30(21-24-9-5-3-6-10-24)36(22-25-13-17-27(34)18-14-25)31(38)23-37(28-19-15-26(33)16-20-28)42(40,41)29-11-7-4-8-12-29/h3-20,30H,2,21-23H2,1H3,(H,35,39)/t30-/m1/s1. The predicted molar refractivity (Wildman–Crippen MR) is 162 cm³/mol. The predicted octanol–water partition coefficient (Wildman–Crippen LogP) is 5.45. The van der Waals surface area contributed by atoms with Crippen molar-refractivity contribution in [3.8, 4) is 0 Å². The molecule has 10 heteroatoms. The summed E-state index contributed by atoms with van der Waals surface area (Å²) in [6.45, 7) is 1.47. The summed E-state index contributed by atoms with van der Waals surface area (Å²) in [5, 5.41) is 3.21. The number of anilines is 1. The van der Waals surface area contributed by atoms with E-state index in [1.54, 1.807) is 25.1 Å². The Morgan fingerprint density at radius 1 is 0.833 bits per heavy atom. The highest BCUT2D eigenvalue weighted by molar-refractivity contribution is 7.92. The fraction of sp³-hybridized carbons (Fsp3) is 0.188. The van der Waals surface area contributed by atoms with Gasteiger partial charge < -0.3 is 10.2 Å². The lowest BCUT2D eigenvalue weighted by atomic mass is 10.0. The molecule has 0 saturated heterocycles. The molecule has 0 aromatic heterocycles. The van der Waals surface area contributed by atoms with E-state index in [2.05, 4.69) is 5.32 Å². The van der Waals surface area contributed by atoms with Gasteiger partial charge >= 0.3 is 0 Å². The van der Waals surface area contributed by atoms with Crippen LogP contribution in [0.2, 0.25) is 5.02 Å². The number of amides is 2. The quantitative estimate of drug-likeness (QED) is 0.232. The van der Waals surface area contributed by atoms with Crippen LogP contribution in [0.15, 0.2) is 114 Å². The van der Waals surface area contributed by atoms with Gasteiger partial charge in [-0.25, -0.2) is 12.8 Å². The fourth-order valence-electron chi connectivity index (χ4n) is 4.49. The van der Waals surface area contributed by atoms with E-state index >= 15 is 0 Å². The Bertz CT molecular complexity index is 1590. The molecule has 1 N–H and O–H groups in total. The topological polar surface area (TPSA) is 86.8 Å². The molecule has 0 unspecified atom stereocenters. The number of likely N-dealkylation sites (N-methyl/N-ethyl adjacent to an activating group) is 1. The molecule has 4 aromatic rings. The van der Waals surface area contributed by atoms with Crippen LogP contribution in [0.5, 0.6) is 0 Å². The molecule has 0 aliphatic heterocycles. The van der Waals surface area contributed by atoms with E-state index in [4.69, 9.17) is 11.6 Å². The summed E-state index contributed by atoms with van der Waals surface area (Å²) in [4.78, 5) is 29.0. The first-order valence-corrected chi connectivity index (χ1v) is 15.2. The maximum absolute atomic E-state index is 14.2. The van der Waals surface area contributed by atoms with Crippen LogP contribution in [0.25, 0.3) is 0 Å². The van der Waals surface area contributed by atoms with E-state index in [9.17, 15) is 22.4 Å². The smallest absolute Gasteiger partial charge is 0.264 e. The van der Waals surface area contributed by atoms with Gasteiger partial charge in [-0.1, -0.05) is 72.3 Å². The summed E-state index contributed by atoms with van der Waals surface area (Å²) in [6.07, 6.45) is 0.186. The van der Waals surface area contributed by atoms with Crippen molar-refractivity contribution >= 4 is 39.1 Å². The number of carbonyl (C=O) groups excluding carboxylic acids is 2. The molecule has 0 bridgehead atoms. The van der Waals surface area contributed by atoms with Crippen LogP contribution in [0.3, 0.4) is 0 Å². The number of halogens is 2. The van der Waals surface area contributed by atoms with Gasteiger partial charge in [0.2, 0.25) is 11.8 Å². The molecular formula is C32H31ClFN3O4S. The number of hydrogen-bond donors (Lipinski definition) is 1. The number of carbonyl (C=O) groups is 2. The highest BCUT2D eigenvalue weighted by Crippen LogP contribution is 2.26. The van der Waals surface area contributed by atoms with Gasteiger partial charge in [-0.3, -0.25) is 13.9 Å². The molecule has 0 aliphatic carbocycles. The van der Waals surface area contributed by atoms with Crippen LogP contribution in [0, 0.1) is 5.82 Å². The molecule has 7 nitrogen and oxygen atoms in total. The Morgan fingerprint density at radius 2 is 1.43 bits per heavy atom. The monoisotopic (exact) mass is 607 g/mol. The average molecular weight is 608 g/mol. The van der Waals surface area contributed by atoms with Gasteiger partial charge in [-0.05, 0) is 66.6 Å². The molecule has 0 fully saturated rings. The minimum absolute atomic E-state index is 0.00222. The maximum Gasteiger partial charge on any atom is 0.264 e. The van der Waals surface area contributed by atoms with Crippen molar-refractivity contribution in [1.29, 1.82) is 0 Å². The third-order valence-electron chi connectivity index (χ3n) is 6.61. The van der Waals surface area contributed by atoms with E-state index < -0.39 is 34.3 Å². The zero-order valence-corrected chi connectivity index (χ0v) is 24.6. The minimum Gasteiger partial charge on any atom is -0.355 e. The van der Waals surface area contributed by atoms with Gasteiger partial charge in [0, 0.05) is 24.5 Å². The lowest BCUT2D eigenvalue weighted by Crippen LogP contribution is -2.53. The lowest BCUT2D eigenvalue weighted by molar-refractivity contribution is -0.140. The first kappa shape index (κ1) is 30.7. The second-order valence-electron chi connectivity index (χ2n) is 9.55. The average Bonchev–Trinajstić information content (AvgIpc) is 3.00. The molecule has 1 atom stereocenters. The second-order valence-corrected chi connectivity index (χ2v) is 11.8. The third-order valence-corrected chi connectivity index (χ3v) is 8.65. The highest BCUT2D eigenvalue weighted by atomic mass is 35.5. The largest absolute Gasteiger partial charge is 0.355 e. The summed E-state index contributed by atoms with van der Waals surface area (Å²) < 4.78 is 42.5. The van der Waals surface area contributed by atoms with Gasteiger partial charge in [0.25, 0.3) is 10.0 Å². The molecule has 0 aliphatic rings. The summed E-state index contributed by atoms with van der Waals surface area (Å²) in [6, 6.07) is 27.8. The molecule has 42 heavy (non-hydrogen) atoms. The summed E-state index contributed by atoms with van der Waals surface area (Å²) in [5.41, 5.74) is 1.63. The van der Waals surface area contributed by atoms with Crippen molar-refractivity contribution in [1.82, 2.24) is 10.2 Å². The fourth-order valence-corrected chi connectivity index (χ4v) is 6.05. The van der Waals surface area contributed by atoms with Crippen molar-refractivity contribution in [2.24, 2.45) is 0 Å². The third kappa shape index (κ3) is 7.74. The van der Waals surface area contributed by atoms with Gasteiger partial charge in [0.1, 0.15) is 18.4 Å². The first-order chi connectivity index (χ1) is 20.2. The number of nitrogens with one attached hydrogen (secondary N) is 1. The van der Waals surface area contributed by atoms with Gasteiger partial charge in [-0.15, -0.1) is 0 Å². The summed E-state index contributed by atoms with van der Waals surface area (Å²) >= 11 is 6.07. The van der Waals surface area contributed by atoms with Crippen molar-refractivity contribution < 1.29 is 22.4 Å². The van der Waals surface area contributed by atoms with Crippen LogP contribution >= 0.6 is 11.6 Å². The molecule has 0 heterocycles. The van der Waals surface area contributed by atoms with Crippen molar-refractivity contribution in [2.75, 3.05) is 17.4 Å². The zero-order chi connectivity index (χ0) is 30.1. The second kappa shape index (κ2) is 14.1. The Labute approximate surface area is 250 Å². The Morgan fingerprint density at radius 3 is 2.02 bits per heavy atom. The number of rotatable bonds is 12. The van der Waals surface area contributed by atoms with Crippen molar-refractivity contribution in [2.45, 2.75) is 30.8 Å². The molecule has 4 aromatic carbocycles. The molecular weight excluding hydrogens is 577 g/mol. The van der Waals surface area contributed by atoms with E-state index in [1.165, 1.54) is 65.6 Å². The number of benzene rings is 4. The van der Waals surface area contributed by atoms with Crippen LogP contribution < -0.4 is 9.62 Å². The van der Waals surface area contributed by atoms with Gasteiger partial charge in [0.05, 0.1) is 10.6 Å². The first-order valence-electron chi connectivity index (χ1n) is 13.4. The number of nitrogens with zero attached hydrogens (tertiary/aromatic N) is 2. The Balaban J connectivity index is 1.78. The van der Waals surface area contributed by atoms with Crippen LogP contribution in [-0.2, 0) is 32.6 Å². The van der Waals surface area contributed by atoms with Crippen LogP contribution in [0.1, 0.15) is 18.1 Å². The SMILES string of the molecule is CCNC(=O)[C@@H](Cc1ccccc1)N(Cc1ccc(F)cc1)C(=O)CN(c1ccc(Cl)cc1)S(=O)(=O)c1ccccc1. The molecule has 218 valence electrons. The van der Waals surface area contributed by atoms with Crippen molar-refractivity contribution in [3.05, 3.63) is 131 Å². The maximum atomic E-state index is 14.2. The number of sulfonamides is 1.